The van der Waals surface area contributed by atoms with Crippen molar-refractivity contribution in [1.29, 1.82) is 0 Å². The van der Waals surface area contributed by atoms with E-state index in [1.54, 1.807) is 0 Å². The molecule has 0 radical (unpaired) electrons. The summed E-state index contributed by atoms with van der Waals surface area (Å²) in [4.78, 5) is 0. The van der Waals surface area contributed by atoms with Gasteiger partial charge in [-0.15, -0.1) is 0 Å². The van der Waals surface area contributed by atoms with Crippen molar-refractivity contribution < 1.29 is 5.11 Å². The molecule has 2 N–H and O–H groups in total. The van der Waals surface area contributed by atoms with Crippen LogP contribution < -0.4 is 5.32 Å². The predicted octanol–water partition coefficient (Wildman–Crippen LogP) is 4.12. The number of rotatable bonds is 7. The summed E-state index contributed by atoms with van der Waals surface area (Å²) >= 11 is 0. The van der Waals surface area contributed by atoms with E-state index in [2.05, 4.69) is 39.9 Å². The number of nitrogens with one attached hydrogen (secondary N) is 1. The van der Waals surface area contributed by atoms with Crippen molar-refractivity contribution >= 4 is 0 Å². The minimum atomic E-state index is -0.168. The highest BCUT2D eigenvalue weighted by molar-refractivity contribution is 4.98. The van der Waals surface area contributed by atoms with E-state index in [0.717, 1.165) is 19.4 Å². The highest BCUT2D eigenvalue weighted by atomic mass is 16.3. The second kappa shape index (κ2) is 7.08. The minimum Gasteiger partial charge on any atom is -0.393 e. The van der Waals surface area contributed by atoms with Crippen LogP contribution in [0.4, 0.5) is 0 Å². The van der Waals surface area contributed by atoms with Gasteiger partial charge < -0.3 is 10.4 Å². The van der Waals surface area contributed by atoms with Crippen molar-refractivity contribution in [3.63, 3.8) is 0 Å². The summed E-state index contributed by atoms with van der Waals surface area (Å²) < 4.78 is 0. The van der Waals surface area contributed by atoms with Gasteiger partial charge in [0.05, 0.1) is 6.10 Å². The van der Waals surface area contributed by atoms with E-state index >= 15 is 0 Å². The first-order valence-electron chi connectivity index (χ1n) is 8.21. The molecule has 1 rings (SSSR count). The fourth-order valence-electron chi connectivity index (χ4n) is 3.64. The Labute approximate surface area is 120 Å². The quantitative estimate of drug-likeness (QED) is 0.681. The van der Waals surface area contributed by atoms with Crippen LogP contribution in [0.2, 0.25) is 0 Å². The van der Waals surface area contributed by atoms with Gasteiger partial charge in [-0.05, 0) is 36.6 Å². The Morgan fingerprint density at radius 2 is 1.63 bits per heavy atom. The van der Waals surface area contributed by atoms with Crippen LogP contribution in [-0.4, -0.2) is 23.8 Å². The van der Waals surface area contributed by atoms with E-state index in [1.165, 1.54) is 32.1 Å². The molecule has 1 aliphatic carbocycles. The lowest BCUT2D eigenvalue weighted by atomic mass is 9.61. The van der Waals surface area contributed by atoms with E-state index in [0.29, 0.717) is 6.04 Å². The lowest BCUT2D eigenvalue weighted by molar-refractivity contribution is -0.0509. The largest absolute Gasteiger partial charge is 0.393 e. The van der Waals surface area contributed by atoms with Gasteiger partial charge in [-0.25, -0.2) is 0 Å². The van der Waals surface area contributed by atoms with Crippen LogP contribution in [0.25, 0.3) is 0 Å². The van der Waals surface area contributed by atoms with E-state index in [4.69, 9.17) is 0 Å². The molecular weight excluding hydrogens is 234 g/mol. The number of hydrogen-bond donors (Lipinski definition) is 2. The zero-order valence-electron chi connectivity index (χ0n) is 13.8. The normalized spacial score (nSPS) is 29.4. The maximum Gasteiger partial charge on any atom is 0.0606 e. The number of hydrogen-bond acceptors (Lipinski definition) is 2. The van der Waals surface area contributed by atoms with Gasteiger partial charge in [0, 0.05) is 6.04 Å². The summed E-state index contributed by atoms with van der Waals surface area (Å²) in [5.41, 5.74) is 0.342. The lowest BCUT2D eigenvalue weighted by Crippen LogP contribution is -2.54. The van der Waals surface area contributed by atoms with Crippen LogP contribution in [0.1, 0.15) is 79.6 Å². The number of unbranched alkanes of at least 4 members (excludes halogenated alkanes) is 4. The Balaban J connectivity index is 2.33. The molecule has 2 unspecified atom stereocenters. The van der Waals surface area contributed by atoms with Crippen LogP contribution >= 0.6 is 0 Å². The fourth-order valence-corrected chi connectivity index (χ4v) is 3.64. The second-order valence-electron chi connectivity index (χ2n) is 7.83. The molecule has 0 heterocycles. The summed E-state index contributed by atoms with van der Waals surface area (Å²) in [5.74, 6) is 0. The van der Waals surface area contributed by atoms with Crippen molar-refractivity contribution in [3.05, 3.63) is 0 Å². The summed E-state index contributed by atoms with van der Waals surface area (Å²) in [6.07, 6.45) is 8.46. The van der Waals surface area contributed by atoms with Crippen LogP contribution in [0.15, 0.2) is 0 Å². The van der Waals surface area contributed by atoms with E-state index in [9.17, 15) is 5.11 Å². The van der Waals surface area contributed by atoms with Crippen molar-refractivity contribution in [3.8, 4) is 0 Å². The summed E-state index contributed by atoms with van der Waals surface area (Å²) in [6.45, 7) is 12.4. The molecule has 2 nitrogen and oxygen atoms in total. The molecule has 0 aromatic heterocycles. The standard InChI is InChI=1S/C17H35NO/c1-6-7-8-9-10-11-18-14-12-15(19)17(4,5)13-16(14,2)3/h14-15,18-19H,6-13H2,1-5H3. The van der Waals surface area contributed by atoms with Gasteiger partial charge in [-0.1, -0.05) is 60.3 Å². The van der Waals surface area contributed by atoms with Gasteiger partial charge in [0.1, 0.15) is 0 Å². The first kappa shape index (κ1) is 17.0. The van der Waals surface area contributed by atoms with Crippen molar-refractivity contribution in [1.82, 2.24) is 5.32 Å². The highest BCUT2D eigenvalue weighted by Crippen LogP contribution is 2.45. The molecule has 2 heteroatoms. The van der Waals surface area contributed by atoms with Gasteiger partial charge in [0.15, 0.2) is 0 Å². The second-order valence-corrected chi connectivity index (χ2v) is 7.83. The minimum absolute atomic E-state index is 0.0583. The number of aliphatic hydroxyl groups excluding tert-OH is 1. The Morgan fingerprint density at radius 3 is 2.26 bits per heavy atom. The summed E-state index contributed by atoms with van der Waals surface area (Å²) in [7, 11) is 0. The maximum atomic E-state index is 10.3. The molecule has 0 spiro atoms. The molecule has 0 aromatic carbocycles. The lowest BCUT2D eigenvalue weighted by Gasteiger charge is -2.49. The topological polar surface area (TPSA) is 32.3 Å². The van der Waals surface area contributed by atoms with Gasteiger partial charge >= 0.3 is 0 Å². The SMILES string of the molecule is CCCCCCCNC1CC(O)C(C)(C)CC1(C)C. The van der Waals surface area contributed by atoms with Gasteiger partial charge in [-0.3, -0.25) is 0 Å². The molecule has 0 aromatic rings. The smallest absolute Gasteiger partial charge is 0.0606 e. The van der Waals surface area contributed by atoms with E-state index in [1.807, 2.05) is 0 Å². The summed E-state index contributed by atoms with van der Waals surface area (Å²) in [6, 6.07) is 0.460. The highest BCUT2D eigenvalue weighted by Gasteiger charge is 2.45. The summed E-state index contributed by atoms with van der Waals surface area (Å²) in [5, 5.41) is 14.0. The molecule has 1 saturated carbocycles. The molecule has 1 aliphatic rings. The predicted molar refractivity (Wildman–Crippen MR) is 83.4 cm³/mol. The molecule has 0 saturated heterocycles. The molecule has 0 amide bonds. The average molecular weight is 269 g/mol. The van der Waals surface area contributed by atoms with Gasteiger partial charge in [0.2, 0.25) is 0 Å². The first-order valence-corrected chi connectivity index (χ1v) is 8.21. The molecule has 114 valence electrons. The van der Waals surface area contributed by atoms with Crippen molar-refractivity contribution in [2.45, 2.75) is 91.7 Å². The van der Waals surface area contributed by atoms with Crippen LogP contribution in [0, 0.1) is 10.8 Å². The third kappa shape index (κ3) is 5.07. The molecular formula is C17H35NO. The van der Waals surface area contributed by atoms with Crippen LogP contribution in [-0.2, 0) is 0 Å². The average Bonchev–Trinajstić information content (AvgIpc) is 2.28. The molecule has 1 fully saturated rings. The van der Waals surface area contributed by atoms with Crippen molar-refractivity contribution in [2.75, 3.05) is 6.54 Å². The maximum absolute atomic E-state index is 10.3. The van der Waals surface area contributed by atoms with Gasteiger partial charge in [0.25, 0.3) is 0 Å². The third-order valence-corrected chi connectivity index (χ3v) is 4.89. The molecule has 19 heavy (non-hydrogen) atoms. The Kier molecular flexibility index (Phi) is 6.32. The fraction of sp³-hybridized carbons (Fsp3) is 1.00. The van der Waals surface area contributed by atoms with Crippen molar-refractivity contribution in [2.24, 2.45) is 10.8 Å². The van der Waals surface area contributed by atoms with Crippen LogP contribution in [0.5, 0.6) is 0 Å². The van der Waals surface area contributed by atoms with E-state index in [-0.39, 0.29) is 16.9 Å². The molecule has 0 aliphatic heterocycles. The van der Waals surface area contributed by atoms with Crippen LogP contribution in [0.3, 0.4) is 0 Å². The monoisotopic (exact) mass is 269 g/mol. The molecule has 0 bridgehead atoms. The van der Waals surface area contributed by atoms with E-state index < -0.39 is 0 Å². The molecule has 2 atom stereocenters. The Morgan fingerprint density at radius 1 is 1.00 bits per heavy atom. The first-order chi connectivity index (χ1) is 8.79. The third-order valence-electron chi connectivity index (χ3n) is 4.89. The Bertz CT molecular complexity index is 260. The zero-order chi connectivity index (χ0) is 14.5. The zero-order valence-corrected chi connectivity index (χ0v) is 13.8. The number of aliphatic hydroxyl groups is 1. The van der Waals surface area contributed by atoms with Gasteiger partial charge in [-0.2, -0.15) is 0 Å². The Hall–Kier alpha value is -0.0800.